The third-order valence-electron chi connectivity index (χ3n) is 3.88. The van der Waals surface area contributed by atoms with Crippen molar-refractivity contribution in [1.82, 2.24) is 5.32 Å². The maximum absolute atomic E-state index is 12.3. The monoisotopic (exact) mass is 379 g/mol. The fourth-order valence-electron chi connectivity index (χ4n) is 2.49. The molecule has 0 saturated heterocycles. The zero-order valence-corrected chi connectivity index (χ0v) is 15.1. The average Bonchev–Trinajstić information content (AvgIpc) is 2.71. The van der Waals surface area contributed by atoms with Crippen molar-refractivity contribution in [3.63, 3.8) is 0 Å². The fourth-order valence-corrected chi connectivity index (χ4v) is 2.49. The molecule has 7 heteroatoms. The summed E-state index contributed by atoms with van der Waals surface area (Å²) in [6.07, 6.45) is 1.50. The summed E-state index contributed by atoms with van der Waals surface area (Å²) in [5, 5.41) is 3.04. The Balaban J connectivity index is 1.86. The second-order valence-corrected chi connectivity index (χ2v) is 5.77. The van der Waals surface area contributed by atoms with Crippen LogP contribution in [-0.4, -0.2) is 25.5 Å². The van der Waals surface area contributed by atoms with Crippen LogP contribution in [0.4, 0.5) is 0 Å². The van der Waals surface area contributed by atoms with Crippen LogP contribution in [0.3, 0.4) is 0 Å². The molecule has 0 unspecified atom stereocenters. The molecule has 28 heavy (non-hydrogen) atoms. The van der Waals surface area contributed by atoms with Crippen molar-refractivity contribution in [1.29, 1.82) is 0 Å². The van der Waals surface area contributed by atoms with Crippen LogP contribution >= 0.6 is 0 Å². The Labute approximate surface area is 160 Å². The van der Waals surface area contributed by atoms with Crippen molar-refractivity contribution in [2.75, 3.05) is 13.7 Å². The van der Waals surface area contributed by atoms with Crippen molar-refractivity contribution < 1.29 is 23.5 Å². The summed E-state index contributed by atoms with van der Waals surface area (Å²) in [4.78, 5) is 36.4. The predicted octanol–water partition coefficient (Wildman–Crippen LogP) is 2.94. The molecule has 7 nitrogen and oxygen atoms in total. The molecule has 0 bridgehead atoms. The Morgan fingerprint density at radius 3 is 2.71 bits per heavy atom. The van der Waals surface area contributed by atoms with Gasteiger partial charge in [0.1, 0.15) is 22.6 Å². The minimum Gasteiger partial charge on any atom is -0.497 e. The molecule has 0 aliphatic carbocycles. The summed E-state index contributed by atoms with van der Waals surface area (Å²) in [7, 11) is 1.50. The first-order chi connectivity index (χ1) is 13.5. The van der Waals surface area contributed by atoms with Gasteiger partial charge in [0.2, 0.25) is 0 Å². The van der Waals surface area contributed by atoms with Crippen LogP contribution in [-0.2, 0) is 0 Å². The first kappa shape index (κ1) is 18.9. The van der Waals surface area contributed by atoms with E-state index in [1.165, 1.54) is 25.3 Å². The maximum Gasteiger partial charge on any atom is 0.349 e. The summed E-state index contributed by atoms with van der Waals surface area (Å²) in [6, 6.07) is 12.5. The standard InChI is InChI=1S/C21H17NO6/c1-3-9-22-19(23)17-11-13-7-8-16(12-18(13)28-21(17)25)27-20(24)14-5-4-6-15(10-14)26-2/h3-8,10-12H,1,9H2,2H3,(H,22,23). The number of nitrogens with one attached hydrogen (secondary N) is 1. The number of carbonyl (C=O) groups excluding carboxylic acids is 2. The van der Waals surface area contributed by atoms with Crippen molar-refractivity contribution in [3.05, 3.63) is 82.7 Å². The molecule has 0 aliphatic rings. The van der Waals surface area contributed by atoms with Crippen molar-refractivity contribution in [2.24, 2.45) is 0 Å². The lowest BCUT2D eigenvalue weighted by molar-refractivity contribution is 0.0734. The molecule has 3 rings (SSSR count). The highest BCUT2D eigenvalue weighted by atomic mass is 16.5. The van der Waals surface area contributed by atoms with Gasteiger partial charge in [-0.05, 0) is 36.4 Å². The Morgan fingerprint density at radius 1 is 1.14 bits per heavy atom. The molecule has 0 aliphatic heterocycles. The Kier molecular flexibility index (Phi) is 5.55. The highest BCUT2D eigenvalue weighted by molar-refractivity contribution is 5.97. The number of carbonyl (C=O) groups is 2. The summed E-state index contributed by atoms with van der Waals surface area (Å²) >= 11 is 0. The Hall–Kier alpha value is -3.87. The van der Waals surface area contributed by atoms with Crippen LogP contribution in [0.5, 0.6) is 11.5 Å². The van der Waals surface area contributed by atoms with Crippen LogP contribution in [0.15, 0.2) is 70.4 Å². The molecule has 1 amide bonds. The van der Waals surface area contributed by atoms with Gasteiger partial charge in [-0.25, -0.2) is 9.59 Å². The van der Waals surface area contributed by atoms with Crippen LogP contribution in [0, 0.1) is 0 Å². The molecular formula is C21H17NO6. The van der Waals surface area contributed by atoms with Gasteiger partial charge in [0.25, 0.3) is 5.91 Å². The van der Waals surface area contributed by atoms with Crippen LogP contribution in [0.1, 0.15) is 20.7 Å². The number of hydrogen-bond donors (Lipinski definition) is 1. The van der Waals surface area contributed by atoms with Crippen molar-refractivity contribution in [2.45, 2.75) is 0 Å². The lowest BCUT2D eigenvalue weighted by Gasteiger charge is -2.07. The molecule has 0 fully saturated rings. The Morgan fingerprint density at radius 2 is 1.96 bits per heavy atom. The zero-order chi connectivity index (χ0) is 20.1. The summed E-state index contributed by atoms with van der Waals surface area (Å²) in [6.45, 7) is 3.73. The zero-order valence-electron chi connectivity index (χ0n) is 15.1. The minimum absolute atomic E-state index is 0.115. The van der Waals surface area contributed by atoms with E-state index in [1.54, 1.807) is 36.4 Å². The van der Waals surface area contributed by atoms with Crippen LogP contribution in [0.25, 0.3) is 11.0 Å². The molecule has 0 radical (unpaired) electrons. The quantitative estimate of drug-likeness (QED) is 0.306. The van der Waals surface area contributed by atoms with Gasteiger partial charge in [0.05, 0.1) is 12.7 Å². The van der Waals surface area contributed by atoms with Gasteiger partial charge in [-0.3, -0.25) is 4.79 Å². The number of amides is 1. The summed E-state index contributed by atoms with van der Waals surface area (Å²) in [5.74, 6) is -0.404. The van der Waals surface area contributed by atoms with Gasteiger partial charge >= 0.3 is 11.6 Å². The highest BCUT2D eigenvalue weighted by Gasteiger charge is 2.15. The number of methoxy groups -OCH3 is 1. The van der Waals surface area contributed by atoms with Gasteiger partial charge in [-0.15, -0.1) is 6.58 Å². The van der Waals surface area contributed by atoms with Gasteiger partial charge in [0, 0.05) is 18.0 Å². The third kappa shape index (κ3) is 4.09. The van der Waals surface area contributed by atoms with Gasteiger partial charge in [-0.2, -0.15) is 0 Å². The predicted molar refractivity (Wildman–Crippen MR) is 103 cm³/mol. The van der Waals surface area contributed by atoms with Crippen molar-refractivity contribution in [3.8, 4) is 11.5 Å². The van der Waals surface area contributed by atoms with Gasteiger partial charge in [-0.1, -0.05) is 12.1 Å². The number of benzene rings is 2. The van der Waals surface area contributed by atoms with Gasteiger partial charge in [0.15, 0.2) is 0 Å². The first-order valence-electron chi connectivity index (χ1n) is 8.35. The minimum atomic E-state index is -0.787. The van der Waals surface area contributed by atoms with E-state index in [4.69, 9.17) is 13.9 Å². The molecule has 0 atom stereocenters. The van der Waals surface area contributed by atoms with Crippen LogP contribution < -0.4 is 20.4 Å². The number of hydrogen-bond acceptors (Lipinski definition) is 6. The molecule has 1 N–H and O–H groups in total. The van der Waals surface area contributed by atoms with E-state index in [0.29, 0.717) is 16.7 Å². The lowest BCUT2D eigenvalue weighted by Crippen LogP contribution is -2.28. The molecule has 2 aromatic carbocycles. The summed E-state index contributed by atoms with van der Waals surface area (Å²) < 4.78 is 15.6. The third-order valence-corrected chi connectivity index (χ3v) is 3.88. The number of esters is 1. The van der Waals surface area contributed by atoms with E-state index in [-0.39, 0.29) is 23.4 Å². The maximum atomic E-state index is 12.3. The highest BCUT2D eigenvalue weighted by Crippen LogP contribution is 2.22. The largest absolute Gasteiger partial charge is 0.497 e. The normalized spacial score (nSPS) is 10.3. The molecule has 142 valence electrons. The smallest absolute Gasteiger partial charge is 0.349 e. The summed E-state index contributed by atoms with van der Waals surface area (Å²) in [5.41, 5.74) is -0.392. The SMILES string of the molecule is C=CCNC(=O)c1cc2ccc(OC(=O)c3cccc(OC)c3)cc2oc1=O. The van der Waals surface area contributed by atoms with E-state index >= 15 is 0 Å². The number of rotatable bonds is 6. The second kappa shape index (κ2) is 8.22. The fraction of sp³-hybridized carbons (Fsp3) is 0.0952. The van der Waals surface area contributed by atoms with E-state index < -0.39 is 17.5 Å². The van der Waals surface area contributed by atoms with Gasteiger partial charge < -0.3 is 19.2 Å². The Bertz CT molecular complexity index is 1120. The average molecular weight is 379 g/mol. The van der Waals surface area contributed by atoms with E-state index in [2.05, 4.69) is 11.9 Å². The van der Waals surface area contributed by atoms with Crippen LogP contribution in [0.2, 0.25) is 0 Å². The molecule has 0 saturated carbocycles. The van der Waals surface area contributed by atoms with Crippen molar-refractivity contribution >= 4 is 22.8 Å². The molecule has 0 spiro atoms. The van der Waals surface area contributed by atoms with E-state index in [1.807, 2.05) is 0 Å². The first-order valence-corrected chi connectivity index (χ1v) is 8.35. The molecular weight excluding hydrogens is 362 g/mol. The second-order valence-electron chi connectivity index (χ2n) is 5.77. The lowest BCUT2D eigenvalue weighted by atomic mass is 10.1. The topological polar surface area (TPSA) is 94.8 Å². The number of ether oxygens (including phenoxy) is 2. The van der Waals surface area contributed by atoms with E-state index in [9.17, 15) is 14.4 Å². The van der Waals surface area contributed by atoms with E-state index in [0.717, 1.165) is 0 Å². The molecule has 1 heterocycles. The molecule has 1 aromatic heterocycles. The number of fused-ring (bicyclic) bond motifs is 1. The molecule has 3 aromatic rings.